The highest BCUT2D eigenvalue weighted by Crippen LogP contribution is 2.28. The fourth-order valence-electron chi connectivity index (χ4n) is 1.40. The predicted molar refractivity (Wildman–Crippen MR) is 71.7 cm³/mol. The summed E-state index contributed by atoms with van der Waals surface area (Å²) in [5, 5.41) is 4.69. The summed E-state index contributed by atoms with van der Waals surface area (Å²) in [7, 11) is 0. The summed E-state index contributed by atoms with van der Waals surface area (Å²) in [6.45, 7) is 3.02. The van der Waals surface area contributed by atoms with E-state index in [2.05, 4.69) is 33.2 Å². The van der Waals surface area contributed by atoms with Gasteiger partial charge in [0.15, 0.2) is 5.17 Å². The van der Waals surface area contributed by atoms with Crippen LogP contribution in [0.15, 0.2) is 27.7 Å². The number of amidine groups is 1. The molecule has 1 unspecified atom stereocenters. The zero-order valence-corrected chi connectivity index (χ0v) is 11.2. The number of nitrogens with zero attached hydrogens (tertiary/aromatic N) is 1. The van der Waals surface area contributed by atoms with Crippen molar-refractivity contribution in [3.8, 4) is 0 Å². The molecule has 0 saturated carbocycles. The van der Waals surface area contributed by atoms with Crippen LogP contribution >= 0.6 is 27.7 Å². The minimum Gasteiger partial charge on any atom is -0.334 e. The molecule has 0 radical (unpaired) electrons. The Morgan fingerprint density at radius 2 is 2.44 bits per heavy atom. The number of halogens is 2. The molecular weight excluding hydrogens is 291 g/mol. The molecule has 0 amide bonds. The molecule has 16 heavy (non-hydrogen) atoms. The fourth-order valence-corrected chi connectivity index (χ4v) is 2.80. The zero-order valence-electron chi connectivity index (χ0n) is 8.84. The summed E-state index contributed by atoms with van der Waals surface area (Å²) in [6.07, 6.45) is 1.12. The van der Waals surface area contributed by atoms with Crippen molar-refractivity contribution in [2.45, 2.75) is 18.6 Å². The topological polar surface area (TPSA) is 24.4 Å². The van der Waals surface area contributed by atoms with E-state index >= 15 is 0 Å². The van der Waals surface area contributed by atoms with Crippen LogP contribution in [-0.2, 0) is 0 Å². The summed E-state index contributed by atoms with van der Waals surface area (Å²) >= 11 is 5.06. The number of aliphatic imine (C=N–C) groups is 1. The quantitative estimate of drug-likeness (QED) is 0.896. The van der Waals surface area contributed by atoms with Crippen molar-refractivity contribution in [1.29, 1.82) is 0 Å². The smallest absolute Gasteiger partial charge is 0.161 e. The third-order valence-electron chi connectivity index (χ3n) is 2.34. The van der Waals surface area contributed by atoms with Gasteiger partial charge in [0, 0.05) is 9.72 Å². The van der Waals surface area contributed by atoms with Gasteiger partial charge in [0.25, 0.3) is 0 Å². The van der Waals surface area contributed by atoms with E-state index < -0.39 is 0 Å². The SMILES string of the molecule is CCC1CN=C(Nc2ccc(F)cc2Br)S1. The number of hydrogen-bond acceptors (Lipinski definition) is 3. The van der Waals surface area contributed by atoms with E-state index in [1.807, 2.05) is 0 Å². The standard InChI is InChI=1S/C11H12BrFN2S/c1-2-8-6-14-11(16-8)15-10-4-3-7(13)5-9(10)12/h3-5,8H,2,6H2,1H3,(H,14,15). The summed E-state index contributed by atoms with van der Waals surface area (Å²) in [5.41, 5.74) is 0.851. The maximum absolute atomic E-state index is 12.9. The van der Waals surface area contributed by atoms with E-state index in [9.17, 15) is 4.39 Å². The molecular formula is C11H12BrFN2S. The highest BCUT2D eigenvalue weighted by molar-refractivity contribution is 9.10. The van der Waals surface area contributed by atoms with E-state index in [1.165, 1.54) is 12.1 Å². The molecule has 2 nitrogen and oxygen atoms in total. The van der Waals surface area contributed by atoms with Crippen LogP contribution in [0.5, 0.6) is 0 Å². The van der Waals surface area contributed by atoms with Crippen molar-refractivity contribution in [3.05, 3.63) is 28.5 Å². The van der Waals surface area contributed by atoms with Crippen LogP contribution in [0.3, 0.4) is 0 Å². The third kappa shape index (κ3) is 2.77. The summed E-state index contributed by atoms with van der Waals surface area (Å²) < 4.78 is 13.6. The second-order valence-electron chi connectivity index (χ2n) is 3.54. The monoisotopic (exact) mass is 302 g/mol. The highest BCUT2D eigenvalue weighted by atomic mass is 79.9. The van der Waals surface area contributed by atoms with Crippen LogP contribution in [0.4, 0.5) is 10.1 Å². The van der Waals surface area contributed by atoms with Gasteiger partial charge in [0.05, 0.1) is 12.2 Å². The Hall–Kier alpha value is -0.550. The maximum Gasteiger partial charge on any atom is 0.161 e. The average molecular weight is 303 g/mol. The number of thioether (sulfide) groups is 1. The van der Waals surface area contributed by atoms with E-state index in [1.54, 1.807) is 17.8 Å². The summed E-state index contributed by atoms with van der Waals surface area (Å²) in [6, 6.07) is 4.59. The minimum absolute atomic E-state index is 0.245. The van der Waals surface area contributed by atoms with Crippen molar-refractivity contribution in [2.24, 2.45) is 4.99 Å². The molecule has 1 aromatic rings. The molecule has 0 bridgehead atoms. The van der Waals surface area contributed by atoms with Gasteiger partial charge in [-0.1, -0.05) is 18.7 Å². The number of anilines is 1. The molecule has 86 valence electrons. The molecule has 0 fully saturated rings. The lowest BCUT2D eigenvalue weighted by Gasteiger charge is -2.08. The molecule has 2 rings (SSSR count). The molecule has 0 spiro atoms. The Morgan fingerprint density at radius 3 is 3.06 bits per heavy atom. The first-order valence-corrected chi connectivity index (χ1v) is 6.79. The summed E-state index contributed by atoms with van der Waals surface area (Å²) in [4.78, 5) is 4.40. The number of benzene rings is 1. The largest absolute Gasteiger partial charge is 0.334 e. The first-order valence-electron chi connectivity index (χ1n) is 5.12. The molecule has 0 aromatic heterocycles. The van der Waals surface area contributed by atoms with Crippen LogP contribution in [-0.4, -0.2) is 17.0 Å². The van der Waals surface area contributed by atoms with E-state index in [0.717, 1.165) is 28.3 Å². The lowest BCUT2D eigenvalue weighted by molar-refractivity contribution is 0.627. The van der Waals surface area contributed by atoms with E-state index in [-0.39, 0.29) is 5.82 Å². The second-order valence-corrected chi connectivity index (χ2v) is 5.69. The molecule has 1 aliphatic rings. The van der Waals surface area contributed by atoms with Crippen LogP contribution in [0.25, 0.3) is 0 Å². The number of nitrogens with one attached hydrogen (secondary N) is 1. The van der Waals surface area contributed by atoms with Gasteiger partial charge in [-0.3, -0.25) is 4.99 Å². The van der Waals surface area contributed by atoms with Crippen molar-refractivity contribution in [1.82, 2.24) is 0 Å². The molecule has 1 aromatic carbocycles. The van der Waals surface area contributed by atoms with Crippen molar-refractivity contribution in [2.75, 3.05) is 11.9 Å². The van der Waals surface area contributed by atoms with Crippen LogP contribution in [0.1, 0.15) is 13.3 Å². The van der Waals surface area contributed by atoms with Gasteiger partial charge in [0.1, 0.15) is 5.82 Å². The Kier molecular flexibility index (Phi) is 3.86. The van der Waals surface area contributed by atoms with Crippen molar-refractivity contribution < 1.29 is 4.39 Å². The highest BCUT2D eigenvalue weighted by Gasteiger charge is 2.18. The van der Waals surface area contributed by atoms with Gasteiger partial charge in [-0.2, -0.15) is 0 Å². The lowest BCUT2D eigenvalue weighted by Crippen LogP contribution is -2.07. The predicted octanol–water partition coefficient (Wildman–Crippen LogP) is 3.88. The second kappa shape index (κ2) is 5.19. The van der Waals surface area contributed by atoms with Crippen LogP contribution in [0.2, 0.25) is 0 Å². The van der Waals surface area contributed by atoms with Gasteiger partial charge in [-0.25, -0.2) is 4.39 Å². The van der Waals surface area contributed by atoms with Gasteiger partial charge in [0.2, 0.25) is 0 Å². The van der Waals surface area contributed by atoms with Crippen molar-refractivity contribution >= 4 is 38.5 Å². The molecule has 0 saturated heterocycles. The Morgan fingerprint density at radius 1 is 1.62 bits per heavy atom. The molecule has 1 N–H and O–H groups in total. The maximum atomic E-state index is 12.9. The Labute approximate surface area is 107 Å². The van der Waals surface area contributed by atoms with Gasteiger partial charge < -0.3 is 5.32 Å². The number of rotatable bonds is 2. The van der Waals surface area contributed by atoms with Gasteiger partial charge in [-0.15, -0.1) is 0 Å². The van der Waals surface area contributed by atoms with Crippen LogP contribution < -0.4 is 5.32 Å². The third-order valence-corrected chi connectivity index (χ3v) is 4.27. The molecule has 1 atom stereocenters. The first-order chi connectivity index (χ1) is 7.69. The number of hydrogen-bond donors (Lipinski definition) is 1. The Balaban J connectivity index is 2.05. The molecule has 1 heterocycles. The lowest BCUT2D eigenvalue weighted by atomic mass is 10.3. The Bertz CT molecular complexity index is 422. The van der Waals surface area contributed by atoms with Gasteiger partial charge >= 0.3 is 0 Å². The van der Waals surface area contributed by atoms with Crippen LogP contribution in [0, 0.1) is 5.82 Å². The normalized spacial score (nSPS) is 19.7. The minimum atomic E-state index is -0.245. The molecule has 0 aliphatic carbocycles. The zero-order chi connectivity index (χ0) is 11.5. The molecule has 1 aliphatic heterocycles. The average Bonchev–Trinajstić information content (AvgIpc) is 2.70. The van der Waals surface area contributed by atoms with E-state index in [4.69, 9.17) is 0 Å². The van der Waals surface area contributed by atoms with Gasteiger partial charge in [-0.05, 0) is 40.5 Å². The van der Waals surface area contributed by atoms with E-state index in [0.29, 0.717) is 5.25 Å². The van der Waals surface area contributed by atoms with Crippen molar-refractivity contribution in [3.63, 3.8) is 0 Å². The summed E-state index contributed by atoms with van der Waals surface area (Å²) in [5.74, 6) is -0.245. The molecule has 5 heteroatoms. The first kappa shape index (κ1) is 11.9. The fraction of sp³-hybridized carbons (Fsp3) is 0.364.